The molecule has 0 bridgehead atoms. The summed E-state index contributed by atoms with van der Waals surface area (Å²) >= 11 is 0. The van der Waals surface area contributed by atoms with Gasteiger partial charge in [-0.15, -0.1) is 0 Å². The lowest BCUT2D eigenvalue weighted by molar-refractivity contribution is 0.593. The number of sulfonamides is 1. The third-order valence-corrected chi connectivity index (χ3v) is 4.74. The molecule has 1 aromatic rings. The van der Waals surface area contributed by atoms with Crippen LogP contribution in [0.1, 0.15) is 5.56 Å². The molecule has 0 aromatic heterocycles. The van der Waals surface area contributed by atoms with E-state index in [1.807, 2.05) is 0 Å². The van der Waals surface area contributed by atoms with Crippen LogP contribution in [0.2, 0.25) is 0 Å². The lowest BCUT2D eigenvalue weighted by Crippen LogP contribution is -2.24. The number of benzene rings is 1. The van der Waals surface area contributed by atoms with Crippen molar-refractivity contribution in [3.63, 3.8) is 0 Å². The average molecular weight is 323 g/mol. The largest absolute Gasteiger partial charge is 0.384 e. The summed E-state index contributed by atoms with van der Waals surface area (Å²) in [5.41, 5.74) is 5.04. The number of amidine groups is 1. The van der Waals surface area contributed by atoms with Crippen LogP contribution in [0.3, 0.4) is 0 Å². The third kappa shape index (κ3) is 5.13. The third-order valence-electron chi connectivity index (χ3n) is 2.26. The van der Waals surface area contributed by atoms with E-state index in [0.29, 0.717) is 0 Å². The summed E-state index contributed by atoms with van der Waals surface area (Å²) in [5.74, 6) is -2.36. The highest BCUT2D eigenvalue weighted by Crippen LogP contribution is 2.18. The van der Waals surface area contributed by atoms with Gasteiger partial charge in [0.2, 0.25) is 10.0 Å². The van der Waals surface area contributed by atoms with E-state index >= 15 is 0 Å². The highest BCUT2D eigenvalue weighted by molar-refractivity contribution is 7.95. The van der Waals surface area contributed by atoms with Gasteiger partial charge in [-0.3, -0.25) is 10.1 Å². The topological polar surface area (TPSA) is 130 Å². The van der Waals surface area contributed by atoms with Gasteiger partial charge in [0, 0.05) is 11.8 Å². The van der Waals surface area contributed by atoms with Crippen LogP contribution in [0.15, 0.2) is 18.2 Å². The number of hydrogen-bond donors (Lipinski definition) is 3. The molecular weight excluding hydrogens is 309 g/mol. The summed E-state index contributed by atoms with van der Waals surface area (Å²) < 4.78 is 60.5. The molecule has 0 aliphatic carbocycles. The van der Waals surface area contributed by atoms with Crippen molar-refractivity contribution in [1.29, 1.82) is 5.41 Å². The first-order valence-corrected chi connectivity index (χ1v) is 9.03. The van der Waals surface area contributed by atoms with E-state index in [1.165, 1.54) is 0 Å². The average Bonchev–Trinajstić information content (AvgIpc) is 2.28. The van der Waals surface area contributed by atoms with Crippen molar-refractivity contribution in [3.8, 4) is 0 Å². The minimum atomic E-state index is -3.94. The predicted octanol–water partition coefficient (Wildman–Crippen LogP) is -0.104. The van der Waals surface area contributed by atoms with Crippen LogP contribution in [0.4, 0.5) is 10.1 Å². The molecule has 112 valence electrons. The van der Waals surface area contributed by atoms with Crippen molar-refractivity contribution in [3.05, 3.63) is 29.6 Å². The van der Waals surface area contributed by atoms with Crippen molar-refractivity contribution < 1.29 is 21.2 Å². The van der Waals surface area contributed by atoms with Crippen LogP contribution in [-0.4, -0.2) is 40.4 Å². The van der Waals surface area contributed by atoms with Gasteiger partial charge in [-0.1, -0.05) is 0 Å². The first kappa shape index (κ1) is 16.4. The first-order valence-electron chi connectivity index (χ1n) is 5.32. The van der Waals surface area contributed by atoms with Gasteiger partial charge in [-0.25, -0.2) is 21.2 Å². The van der Waals surface area contributed by atoms with Gasteiger partial charge < -0.3 is 5.73 Å². The van der Waals surface area contributed by atoms with Crippen LogP contribution in [0.5, 0.6) is 0 Å². The lowest BCUT2D eigenvalue weighted by atomic mass is 10.1. The first-order chi connectivity index (χ1) is 9.00. The fourth-order valence-corrected chi connectivity index (χ4v) is 4.01. The van der Waals surface area contributed by atoms with E-state index in [0.717, 1.165) is 24.5 Å². The van der Waals surface area contributed by atoms with E-state index in [2.05, 4.69) is 4.72 Å². The van der Waals surface area contributed by atoms with E-state index in [4.69, 9.17) is 11.1 Å². The Kier molecular flexibility index (Phi) is 4.71. The Labute approximate surface area is 116 Å². The quantitative estimate of drug-likeness (QED) is 0.497. The fourth-order valence-electron chi connectivity index (χ4n) is 1.31. The summed E-state index contributed by atoms with van der Waals surface area (Å²) in [7, 11) is -7.37. The van der Waals surface area contributed by atoms with Gasteiger partial charge in [-0.05, 0) is 18.2 Å². The van der Waals surface area contributed by atoms with Gasteiger partial charge >= 0.3 is 0 Å². The van der Waals surface area contributed by atoms with E-state index in [-0.39, 0.29) is 11.3 Å². The number of anilines is 1. The number of nitrogens with two attached hydrogens (primary N) is 1. The molecule has 0 heterocycles. The van der Waals surface area contributed by atoms with Crippen molar-refractivity contribution in [1.82, 2.24) is 0 Å². The van der Waals surface area contributed by atoms with Gasteiger partial charge in [0.05, 0.1) is 17.2 Å². The summed E-state index contributed by atoms with van der Waals surface area (Å²) in [6.07, 6.45) is 0.918. The molecule has 7 nitrogen and oxygen atoms in total. The fraction of sp³-hybridized carbons (Fsp3) is 0.300. The highest BCUT2D eigenvalue weighted by atomic mass is 32.2. The molecule has 4 N–H and O–H groups in total. The summed E-state index contributed by atoms with van der Waals surface area (Å²) in [6, 6.07) is 3.03. The second kappa shape index (κ2) is 5.75. The summed E-state index contributed by atoms with van der Waals surface area (Å²) in [6.45, 7) is 0. The standard InChI is InChI=1S/C10H14FN3O4S2/c1-19(15,16)4-5-20(17,18)14-9-3-2-7(11)6-8(9)10(12)13/h2-3,6,14H,4-5H2,1H3,(H3,12,13). The van der Waals surface area contributed by atoms with Crippen LogP contribution in [-0.2, 0) is 19.9 Å². The van der Waals surface area contributed by atoms with Crippen LogP contribution in [0, 0.1) is 11.2 Å². The molecule has 0 saturated heterocycles. The number of halogens is 1. The Bertz CT molecular complexity index is 729. The molecule has 0 unspecified atom stereocenters. The second-order valence-corrected chi connectivity index (χ2v) is 8.26. The molecule has 0 saturated carbocycles. The maximum absolute atomic E-state index is 13.0. The number of nitrogens with one attached hydrogen (secondary N) is 2. The van der Waals surface area contributed by atoms with E-state index in [1.54, 1.807) is 0 Å². The molecule has 0 atom stereocenters. The zero-order valence-electron chi connectivity index (χ0n) is 10.6. The van der Waals surface area contributed by atoms with Gasteiger partial charge in [0.1, 0.15) is 21.5 Å². The molecule has 1 rings (SSSR count). The second-order valence-electron chi connectivity index (χ2n) is 4.15. The molecule has 0 radical (unpaired) electrons. The number of hydrogen-bond acceptors (Lipinski definition) is 5. The summed E-state index contributed by atoms with van der Waals surface area (Å²) in [5, 5.41) is 7.26. The van der Waals surface area contributed by atoms with Crippen molar-refractivity contribution in [2.24, 2.45) is 5.73 Å². The molecular formula is C10H14FN3O4S2. The smallest absolute Gasteiger partial charge is 0.233 e. The molecule has 0 amide bonds. The number of sulfone groups is 1. The molecule has 0 spiro atoms. The maximum Gasteiger partial charge on any atom is 0.233 e. The van der Waals surface area contributed by atoms with Crippen molar-refractivity contribution in [2.45, 2.75) is 0 Å². The highest BCUT2D eigenvalue weighted by Gasteiger charge is 2.17. The van der Waals surface area contributed by atoms with Crippen molar-refractivity contribution >= 4 is 31.4 Å². The summed E-state index contributed by atoms with van der Waals surface area (Å²) in [4.78, 5) is 0. The molecule has 0 fully saturated rings. The molecule has 0 aliphatic heterocycles. The van der Waals surface area contributed by atoms with E-state index < -0.39 is 43.0 Å². The Morgan fingerprint density at radius 1 is 1.30 bits per heavy atom. The van der Waals surface area contributed by atoms with Crippen LogP contribution in [0.25, 0.3) is 0 Å². The molecule has 1 aromatic carbocycles. The predicted molar refractivity (Wildman–Crippen MR) is 74.5 cm³/mol. The maximum atomic E-state index is 13.0. The molecule has 10 heteroatoms. The van der Waals surface area contributed by atoms with Gasteiger partial charge in [0.25, 0.3) is 0 Å². The van der Waals surface area contributed by atoms with Gasteiger partial charge in [-0.2, -0.15) is 0 Å². The zero-order valence-corrected chi connectivity index (χ0v) is 12.2. The van der Waals surface area contributed by atoms with Gasteiger partial charge in [0.15, 0.2) is 0 Å². The molecule has 0 aliphatic rings. The molecule has 20 heavy (non-hydrogen) atoms. The number of nitrogen functional groups attached to an aromatic ring is 1. The number of rotatable bonds is 6. The Morgan fingerprint density at radius 2 is 1.90 bits per heavy atom. The van der Waals surface area contributed by atoms with Crippen LogP contribution < -0.4 is 10.5 Å². The zero-order chi connectivity index (χ0) is 15.6. The Hall–Kier alpha value is -1.68. The minimum Gasteiger partial charge on any atom is -0.384 e. The Morgan fingerprint density at radius 3 is 2.40 bits per heavy atom. The SMILES string of the molecule is CS(=O)(=O)CCS(=O)(=O)Nc1ccc(F)cc1C(=N)N. The lowest BCUT2D eigenvalue weighted by Gasteiger charge is -2.11. The van der Waals surface area contributed by atoms with E-state index in [9.17, 15) is 21.2 Å². The minimum absolute atomic E-state index is 0.0765. The van der Waals surface area contributed by atoms with Crippen molar-refractivity contribution in [2.75, 3.05) is 22.5 Å². The normalized spacial score (nSPS) is 12.1. The monoisotopic (exact) mass is 323 g/mol. The Balaban J connectivity index is 3.01. The van der Waals surface area contributed by atoms with Crippen LogP contribution >= 0.6 is 0 Å².